The van der Waals surface area contributed by atoms with Gasteiger partial charge in [-0.3, -0.25) is 13.6 Å². The molecule has 8 heteroatoms. The molecule has 0 aliphatic rings. The molecule has 0 bridgehead atoms. The average molecular weight is 293 g/mol. The average Bonchev–Trinajstić information content (AvgIpc) is 2.34. The standard InChI is InChI=1S/C11H20NO6P/c1-7-17-9(13)11(8-12,10(2,3)4)18-19(14,15-5)16-6/h7H2,1-6H3. The molecule has 0 N–H and O–H groups in total. The molecule has 110 valence electrons. The smallest absolute Gasteiger partial charge is 0.463 e. The summed E-state index contributed by atoms with van der Waals surface area (Å²) < 4.78 is 31.3. The van der Waals surface area contributed by atoms with Crippen molar-refractivity contribution in [1.29, 1.82) is 5.26 Å². The Morgan fingerprint density at radius 2 is 1.74 bits per heavy atom. The fourth-order valence-corrected chi connectivity index (χ4v) is 2.29. The summed E-state index contributed by atoms with van der Waals surface area (Å²) in [6, 6.07) is 1.74. The van der Waals surface area contributed by atoms with E-state index >= 15 is 0 Å². The Morgan fingerprint density at radius 1 is 1.26 bits per heavy atom. The predicted octanol–water partition coefficient (Wildman–Crippen LogP) is 2.28. The van der Waals surface area contributed by atoms with Gasteiger partial charge in [0.25, 0.3) is 5.60 Å². The number of ether oxygens (including phenoxy) is 1. The van der Waals surface area contributed by atoms with Crippen molar-refractivity contribution in [2.75, 3.05) is 20.8 Å². The summed E-state index contributed by atoms with van der Waals surface area (Å²) in [6.45, 7) is 6.41. The largest absolute Gasteiger partial charge is 0.476 e. The van der Waals surface area contributed by atoms with Gasteiger partial charge in [0, 0.05) is 19.6 Å². The number of esters is 1. The van der Waals surface area contributed by atoms with Crippen LogP contribution in [0, 0.1) is 16.7 Å². The van der Waals surface area contributed by atoms with Gasteiger partial charge in [-0.1, -0.05) is 20.8 Å². The van der Waals surface area contributed by atoms with E-state index < -0.39 is 24.8 Å². The van der Waals surface area contributed by atoms with Crippen molar-refractivity contribution in [1.82, 2.24) is 0 Å². The monoisotopic (exact) mass is 293 g/mol. The molecule has 1 atom stereocenters. The second-order valence-corrected chi connectivity index (χ2v) is 6.47. The summed E-state index contributed by atoms with van der Waals surface area (Å²) in [5.41, 5.74) is -3.09. The van der Waals surface area contributed by atoms with E-state index in [4.69, 9.17) is 9.26 Å². The van der Waals surface area contributed by atoms with Crippen LogP contribution in [0.15, 0.2) is 0 Å². The molecule has 0 heterocycles. The number of nitriles is 1. The van der Waals surface area contributed by atoms with Gasteiger partial charge in [-0.2, -0.15) is 5.26 Å². The van der Waals surface area contributed by atoms with Gasteiger partial charge >= 0.3 is 13.8 Å². The molecule has 0 fully saturated rings. The van der Waals surface area contributed by atoms with Gasteiger partial charge in [0.15, 0.2) is 0 Å². The van der Waals surface area contributed by atoms with Gasteiger partial charge in [0.1, 0.15) is 6.07 Å². The van der Waals surface area contributed by atoms with E-state index in [1.165, 1.54) is 0 Å². The summed E-state index contributed by atoms with van der Waals surface area (Å²) >= 11 is 0. The van der Waals surface area contributed by atoms with Gasteiger partial charge in [0.2, 0.25) is 0 Å². The Bertz CT molecular complexity index is 402. The van der Waals surface area contributed by atoms with E-state index in [1.54, 1.807) is 33.8 Å². The van der Waals surface area contributed by atoms with Gasteiger partial charge in [-0.15, -0.1) is 0 Å². The van der Waals surface area contributed by atoms with E-state index in [-0.39, 0.29) is 6.61 Å². The lowest BCUT2D eigenvalue weighted by atomic mass is 9.77. The van der Waals surface area contributed by atoms with Crippen molar-refractivity contribution in [2.24, 2.45) is 5.41 Å². The zero-order valence-electron chi connectivity index (χ0n) is 12.1. The molecule has 0 spiro atoms. The topological polar surface area (TPSA) is 94.9 Å². The highest BCUT2D eigenvalue weighted by Gasteiger charge is 2.57. The normalized spacial score (nSPS) is 15.4. The van der Waals surface area contributed by atoms with Crippen LogP contribution < -0.4 is 0 Å². The SMILES string of the molecule is CCOC(=O)C(C#N)(OP(=O)(OC)OC)C(C)(C)C. The molecule has 0 aliphatic heterocycles. The quantitative estimate of drug-likeness (QED) is 0.547. The molecule has 0 aliphatic carbocycles. The molecule has 0 amide bonds. The number of carbonyl (C=O) groups is 1. The Kier molecular flexibility index (Phi) is 6.17. The second kappa shape index (κ2) is 6.49. The Balaban J connectivity index is 5.73. The van der Waals surface area contributed by atoms with E-state index in [0.717, 1.165) is 14.2 Å². The van der Waals surface area contributed by atoms with Gasteiger partial charge in [0.05, 0.1) is 6.61 Å². The molecule has 1 unspecified atom stereocenters. The van der Waals surface area contributed by atoms with Crippen LogP contribution in [-0.2, 0) is 27.7 Å². The highest BCUT2D eigenvalue weighted by Crippen LogP contribution is 2.54. The van der Waals surface area contributed by atoms with Crippen LogP contribution in [0.2, 0.25) is 0 Å². The third-order valence-corrected chi connectivity index (χ3v) is 3.86. The highest BCUT2D eigenvalue weighted by molar-refractivity contribution is 7.48. The molecule has 0 aromatic heterocycles. The Hall–Kier alpha value is -0.930. The summed E-state index contributed by atoms with van der Waals surface area (Å²) in [4.78, 5) is 12.1. The fraction of sp³-hybridized carbons (Fsp3) is 0.818. The van der Waals surface area contributed by atoms with Crippen molar-refractivity contribution >= 4 is 13.8 Å². The van der Waals surface area contributed by atoms with Crippen molar-refractivity contribution in [3.8, 4) is 6.07 Å². The first-order valence-corrected chi connectivity index (χ1v) is 7.09. The molecule has 0 aromatic carbocycles. The third-order valence-electron chi connectivity index (χ3n) is 2.47. The Labute approximate surface area is 113 Å². The molecule has 0 aromatic rings. The van der Waals surface area contributed by atoms with Crippen LogP contribution in [0.1, 0.15) is 27.7 Å². The van der Waals surface area contributed by atoms with E-state index in [1.807, 2.05) is 0 Å². The zero-order chi connectivity index (χ0) is 15.3. The van der Waals surface area contributed by atoms with Crippen LogP contribution in [-0.4, -0.2) is 32.4 Å². The molecule has 19 heavy (non-hydrogen) atoms. The van der Waals surface area contributed by atoms with Crippen molar-refractivity contribution < 1.29 is 27.7 Å². The maximum Gasteiger partial charge on any atom is 0.476 e. The maximum atomic E-state index is 12.1. The first-order valence-electron chi connectivity index (χ1n) is 5.63. The minimum absolute atomic E-state index is 0.0615. The molecule has 0 radical (unpaired) electrons. The highest BCUT2D eigenvalue weighted by atomic mass is 31.2. The molecule has 0 saturated carbocycles. The first-order chi connectivity index (χ1) is 8.62. The Morgan fingerprint density at radius 3 is 2.00 bits per heavy atom. The van der Waals surface area contributed by atoms with Crippen LogP contribution in [0.5, 0.6) is 0 Å². The number of rotatable bonds is 6. The van der Waals surface area contributed by atoms with E-state index in [2.05, 4.69) is 9.05 Å². The van der Waals surface area contributed by atoms with Gasteiger partial charge in [-0.25, -0.2) is 9.36 Å². The van der Waals surface area contributed by atoms with Crippen LogP contribution >= 0.6 is 7.82 Å². The molecular weight excluding hydrogens is 273 g/mol. The van der Waals surface area contributed by atoms with Crippen molar-refractivity contribution in [3.05, 3.63) is 0 Å². The number of hydrogen-bond donors (Lipinski definition) is 0. The number of hydrogen-bond acceptors (Lipinski definition) is 7. The number of phosphoric acid groups is 1. The summed E-state index contributed by atoms with van der Waals surface area (Å²) in [7, 11) is -1.82. The van der Waals surface area contributed by atoms with Crippen LogP contribution in [0.3, 0.4) is 0 Å². The summed E-state index contributed by atoms with van der Waals surface area (Å²) in [5.74, 6) is -0.931. The van der Waals surface area contributed by atoms with Crippen molar-refractivity contribution in [2.45, 2.75) is 33.3 Å². The molecule has 7 nitrogen and oxygen atoms in total. The fourth-order valence-electron chi connectivity index (χ4n) is 1.26. The van der Waals surface area contributed by atoms with E-state index in [0.29, 0.717) is 0 Å². The predicted molar refractivity (Wildman–Crippen MR) is 67.1 cm³/mol. The lowest BCUT2D eigenvalue weighted by Crippen LogP contribution is -2.51. The zero-order valence-corrected chi connectivity index (χ0v) is 12.9. The van der Waals surface area contributed by atoms with Gasteiger partial charge < -0.3 is 4.74 Å². The number of carbonyl (C=O) groups excluding carboxylic acids is 1. The number of nitrogens with zero attached hydrogens (tertiary/aromatic N) is 1. The van der Waals surface area contributed by atoms with Gasteiger partial charge in [-0.05, 0) is 6.92 Å². The lowest BCUT2D eigenvalue weighted by Gasteiger charge is -2.36. The molecule has 0 saturated heterocycles. The van der Waals surface area contributed by atoms with E-state index in [9.17, 15) is 14.6 Å². The molecular formula is C11H20NO6P. The van der Waals surface area contributed by atoms with Crippen LogP contribution in [0.4, 0.5) is 0 Å². The van der Waals surface area contributed by atoms with Crippen LogP contribution in [0.25, 0.3) is 0 Å². The second-order valence-electron chi connectivity index (χ2n) is 4.67. The third kappa shape index (κ3) is 3.77. The summed E-state index contributed by atoms with van der Waals surface area (Å²) in [6.07, 6.45) is 0. The van der Waals surface area contributed by atoms with Crippen molar-refractivity contribution in [3.63, 3.8) is 0 Å². The number of phosphoric ester groups is 1. The maximum absolute atomic E-state index is 12.1. The summed E-state index contributed by atoms with van der Waals surface area (Å²) in [5, 5.41) is 9.36. The first kappa shape index (κ1) is 18.1. The minimum Gasteiger partial charge on any atom is -0.463 e. The minimum atomic E-state index is -4.02. The lowest BCUT2D eigenvalue weighted by molar-refractivity contribution is -0.167. The molecule has 0 rings (SSSR count).